The first-order valence-electron chi connectivity index (χ1n) is 5.93. The van der Waals surface area contributed by atoms with Crippen LogP contribution in [0.3, 0.4) is 0 Å². The van der Waals surface area contributed by atoms with Crippen molar-refractivity contribution >= 4 is 5.91 Å². The second-order valence-corrected chi connectivity index (χ2v) is 5.53. The fourth-order valence-electron chi connectivity index (χ4n) is 1.41. The van der Waals surface area contributed by atoms with Gasteiger partial charge in [0.1, 0.15) is 0 Å². The van der Waals surface area contributed by atoms with E-state index in [2.05, 4.69) is 33.0 Å². The van der Waals surface area contributed by atoms with Crippen molar-refractivity contribution < 1.29 is 4.79 Å². The van der Waals surface area contributed by atoms with Crippen molar-refractivity contribution in [1.82, 2.24) is 5.32 Å². The van der Waals surface area contributed by atoms with Crippen LogP contribution in [0.15, 0.2) is 24.3 Å². The van der Waals surface area contributed by atoms with Crippen molar-refractivity contribution in [2.24, 2.45) is 11.1 Å². The van der Waals surface area contributed by atoms with Crippen molar-refractivity contribution in [3.63, 3.8) is 0 Å². The molecule has 1 amide bonds. The first kappa shape index (κ1) is 13.7. The summed E-state index contributed by atoms with van der Waals surface area (Å²) in [6.45, 7) is 9.51. The highest BCUT2D eigenvalue weighted by Crippen LogP contribution is 2.19. The number of amides is 1. The average molecular weight is 234 g/mol. The summed E-state index contributed by atoms with van der Waals surface area (Å²) < 4.78 is 0. The summed E-state index contributed by atoms with van der Waals surface area (Å²) in [4.78, 5) is 11.1. The van der Waals surface area contributed by atoms with Crippen LogP contribution in [0.4, 0.5) is 0 Å². The average Bonchev–Trinajstić information content (AvgIpc) is 2.25. The van der Waals surface area contributed by atoms with Crippen molar-refractivity contribution in [2.75, 3.05) is 0 Å². The Labute approximate surface area is 103 Å². The molecule has 0 aliphatic heterocycles. The highest BCUT2D eigenvalue weighted by molar-refractivity contribution is 5.92. The molecular weight excluding hydrogens is 212 g/mol. The Balaban J connectivity index is 2.64. The largest absolute Gasteiger partial charge is 0.366 e. The van der Waals surface area contributed by atoms with Crippen LogP contribution in [0, 0.1) is 5.41 Å². The van der Waals surface area contributed by atoms with Gasteiger partial charge in [0.2, 0.25) is 5.91 Å². The molecule has 0 saturated carbocycles. The molecule has 0 aliphatic rings. The predicted molar refractivity (Wildman–Crippen MR) is 70.7 cm³/mol. The zero-order valence-electron chi connectivity index (χ0n) is 11.1. The molecule has 17 heavy (non-hydrogen) atoms. The standard InChI is InChI=1S/C14H22N2O/c1-10(14(2,3)4)16-9-11-6-5-7-12(8-11)13(15)17/h5-8,10,16H,9H2,1-4H3,(H2,15,17). The molecular formula is C14H22N2O. The fourth-order valence-corrected chi connectivity index (χ4v) is 1.41. The molecule has 3 nitrogen and oxygen atoms in total. The molecule has 0 bridgehead atoms. The molecule has 0 heterocycles. The third kappa shape index (κ3) is 4.19. The minimum Gasteiger partial charge on any atom is -0.366 e. The number of nitrogens with one attached hydrogen (secondary N) is 1. The van der Waals surface area contributed by atoms with Crippen molar-refractivity contribution in [2.45, 2.75) is 40.3 Å². The molecule has 0 aliphatic carbocycles. The smallest absolute Gasteiger partial charge is 0.248 e. The number of rotatable bonds is 4. The van der Waals surface area contributed by atoms with Crippen LogP contribution in [0.5, 0.6) is 0 Å². The molecule has 3 heteroatoms. The highest BCUT2D eigenvalue weighted by Gasteiger charge is 2.18. The lowest BCUT2D eigenvalue weighted by Gasteiger charge is -2.28. The van der Waals surface area contributed by atoms with E-state index in [-0.39, 0.29) is 11.3 Å². The van der Waals surface area contributed by atoms with Crippen LogP contribution in [-0.2, 0) is 6.54 Å². The second kappa shape index (κ2) is 5.32. The number of carbonyl (C=O) groups is 1. The van der Waals surface area contributed by atoms with E-state index in [1.165, 1.54) is 0 Å². The van der Waals surface area contributed by atoms with Gasteiger partial charge in [-0.25, -0.2) is 0 Å². The van der Waals surface area contributed by atoms with Gasteiger partial charge in [0.25, 0.3) is 0 Å². The van der Waals surface area contributed by atoms with Crippen LogP contribution in [0.2, 0.25) is 0 Å². The van der Waals surface area contributed by atoms with E-state index in [0.29, 0.717) is 11.6 Å². The van der Waals surface area contributed by atoms with Crippen molar-refractivity contribution in [3.05, 3.63) is 35.4 Å². The molecule has 0 spiro atoms. The van der Waals surface area contributed by atoms with Gasteiger partial charge in [-0.15, -0.1) is 0 Å². The molecule has 1 aromatic carbocycles. The second-order valence-electron chi connectivity index (χ2n) is 5.53. The number of carbonyl (C=O) groups excluding carboxylic acids is 1. The maximum atomic E-state index is 11.1. The number of hydrogen-bond acceptors (Lipinski definition) is 2. The van der Waals surface area contributed by atoms with Crippen molar-refractivity contribution in [3.8, 4) is 0 Å². The fraction of sp³-hybridized carbons (Fsp3) is 0.500. The molecule has 0 fully saturated rings. The number of primary amides is 1. The van der Waals surface area contributed by atoms with Gasteiger partial charge < -0.3 is 11.1 Å². The Morgan fingerprint density at radius 2 is 2.06 bits per heavy atom. The summed E-state index contributed by atoms with van der Waals surface area (Å²) in [7, 11) is 0. The molecule has 1 aromatic rings. The lowest BCUT2D eigenvalue weighted by atomic mass is 9.88. The summed E-state index contributed by atoms with van der Waals surface area (Å²) in [5, 5.41) is 3.45. The van der Waals surface area contributed by atoms with E-state index in [0.717, 1.165) is 12.1 Å². The maximum Gasteiger partial charge on any atom is 0.248 e. The van der Waals surface area contributed by atoms with E-state index in [1.807, 2.05) is 18.2 Å². The zero-order chi connectivity index (χ0) is 13.1. The van der Waals surface area contributed by atoms with Crippen LogP contribution in [0.1, 0.15) is 43.6 Å². The van der Waals surface area contributed by atoms with Gasteiger partial charge in [0.15, 0.2) is 0 Å². The van der Waals surface area contributed by atoms with E-state index in [4.69, 9.17) is 5.73 Å². The summed E-state index contributed by atoms with van der Waals surface area (Å²) in [5.41, 5.74) is 7.12. The maximum absolute atomic E-state index is 11.1. The van der Waals surface area contributed by atoms with Crippen LogP contribution < -0.4 is 11.1 Å². The first-order valence-corrected chi connectivity index (χ1v) is 5.93. The quantitative estimate of drug-likeness (QED) is 0.840. The van der Waals surface area contributed by atoms with Crippen LogP contribution >= 0.6 is 0 Å². The lowest BCUT2D eigenvalue weighted by Crippen LogP contribution is -2.37. The van der Waals surface area contributed by atoms with Crippen molar-refractivity contribution in [1.29, 1.82) is 0 Å². The summed E-state index contributed by atoms with van der Waals surface area (Å²) in [6.07, 6.45) is 0. The van der Waals surface area contributed by atoms with E-state index < -0.39 is 0 Å². The van der Waals surface area contributed by atoms with Gasteiger partial charge in [-0.05, 0) is 30.0 Å². The monoisotopic (exact) mass is 234 g/mol. The van der Waals surface area contributed by atoms with Gasteiger partial charge in [-0.3, -0.25) is 4.79 Å². The normalized spacial score (nSPS) is 13.4. The Morgan fingerprint density at radius 1 is 1.41 bits per heavy atom. The molecule has 1 rings (SSSR count). The zero-order valence-corrected chi connectivity index (χ0v) is 11.1. The third-order valence-electron chi connectivity index (χ3n) is 3.12. The Morgan fingerprint density at radius 3 is 2.59 bits per heavy atom. The predicted octanol–water partition coefficient (Wildman–Crippen LogP) is 2.31. The molecule has 0 radical (unpaired) electrons. The molecule has 1 atom stereocenters. The summed E-state index contributed by atoms with van der Waals surface area (Å²) in [5.74, 6) is -0.379. The molecule has 1 unspecified atom stereocenters. The van der Waals surface area contributed by atoms with E-state index in [1.54, 1.807) is 6.07 Å². The highest BCUT2D eigenvalue weighted by atomic mass is 16.1. The summed E-state index contributed by atoms with van der Waals surface area (Å²) in [6, 6.07) is 7.83. The van der Waals surface area contributed by atoms with Gasteiger partial charge in [-0.2, -0.15) is 0 Å². The van der Waals surface area contributed by atoms with Gasteiger partial charge in [0.05, 0.1) is 0 Å². The minimum atomic E-state index is -0.379. The molecule has 3 N–H and O–H groups in total. The lowest BCUT2D eigenvalue weighted by molar-refractivity contribution is 0.1000. The Kier molecular flexibility index (Phi) is 4.29. The van der Waals surface area contributed by atoms with Gasteiger partial charge >= 0.3 is 0 Å². The van der Waals surface area contributed by atoms with Gasteiger partial charge in [-0.1, -0.05) is 32.9 Å². The minimum absolute atomic E-state index is 0.224. The number of hydrogen-bond donors (Lipinski definition) is 2. The SMILES string of the molecule is CC(NCc1cccc(C(N)=O)c1)C(C)(C)C. The van der Waals surface area contributed by atoms with Gasteiger partial charge in [0, 0.05) is 18.2 Å². The van der Waals surface area contributed by atoms with E-state index in [9.17, 15) is 4.79 Å². The third-order valence-corrected chi connectivity index (χ3v) is 3.12. The molecule has 94 valence electrons. The first-order chi connectivity index (χ1) is 7.80. The Hall–Kier alpha value is -1.35. The number of benzene rings is 1. The van der Waals surface area contributed by atoms with E-state index >= 15 is 0 Å². The topological polar surface area (TPSA) is 55.1 Å². The Bertz CT molecular complexity index is 393. The van der Waals surface area contributed by atoms with Crippen LogP contribution in [-0.4, -0.2) is 11.9 Å². The molecule has 0 aromatic heterocycles. The summed E-state index contributed by atoms with van der Waals surface area (Å²) >= 11 is 0. The number of nitrogens with two attached hydrogens (primary N) is 1. The molecule has 0 saturated heterocycles. The van der Waals surface area contributed by atoms with Crippen LogP contribution in [0.25, 0.3) is 0 Å².